The van der Waals surface area contributed by atoms with E-state index in [4.69, 9.17) is 0 Å². The van der Waals surface area contributed by atoms with Gasteiger partial charge in [0, 0.05) is 22.5 Å². The Bertz CT molecular complexity index is 957. The first-order valence-corrected chi connectivity index (χ1v) is 12.6. The van der Waals surface area contributed by atoms with Gasteiger partial charge in [0.2, 0.25) is 0 Å². The minimum absolute atomic E-state index is 0.0624. The Hall–Kier alpha value is -1.32. The van der Waals surface area contributed by atoms with Gasteiger partial charge in [0.05, 0.1) is 11.7 Å². The van der Waals surface area contributed by atoms with Gasteiger partial charge in [-0.15, -0.1) is 0 Å². The Morgan fingerprint density at radius 2 is 1.77 bits per heavy atom. The van der Waals surface area contributed by atoms with Crippen molar-refractivity contribution in [1.29, 1.82) is 0 Å². The zero-order valence-corrected chi connectivity index (χ0v) is 20.0. The van der Waals surface area contributed by atoms with Gasteiger partial charge in [-0.1, -0.05) is 39.0 Å². The van der Waals surface area contributed by atoms with Crippen LogP contribution < -0.4 is 0 Å². The third-order valence-corrected chi connectivity index (χ3v) is 10.5. The number of rotatable bonds is 2. The minimum Gasteiger partial charge on any atom is -0.393 e. The molecule has 31 heavy (non-hydrogen) atoms. The minimum atomic E-state index is -0.747. The second kappa shape index (κ2) is 7.09. The molecule has 3 heteroatoms. The first kappa shape index (κ1) is 21.5. The van der Waals surface area contributed by atoms with Crippen LogP contribution in [0.2, 0.25) is 0 Å². The lowest BCUT2D eigenvalue weighted by Crippen LogP contribution is -2.66. The maximum Gasteiger partial charge on any atom is 0.0625 e. The molecule has 3 N–H and O–H groups in total. The molecule has 1 aromatic heterocycles. The quantitative estimate of drug-likeness (QED) is 0.534. The van der Waals surface area contributed by atoms with Gasteiger partial charge in [-0.3, -0.25) is 0 Å². The molecule has 1 heterocycles. The lowest BCUT2D eigenvalue weighted by atomic mass is 9.35. The third kappa shape index (κ3) is 2.85. The van der Waals surface area contributed by atoms with Crippen LogP contribution in [0.4, 0.5) is 0 Å². The van der Waals surface area contributed by atoms with Gasteiger partial charge in [-0.2, -0.15) is 0 Å². The fraction of sp³-hybridized carbons (Fsp3) is 0.714. The number of aromatic nitrogens is 1. The van der Waals surface area contributed by atoms with Crippen LogP contribution in [0.25, 0.3) is 10.9 Å². The SMILES string of the molecule is C[C@@H]1CC[C@@]2(C)[C@H](C)CC[C@@H](O)[C@]23CC[C@@H](C(C)(C)O)[C@H](c2c[nH]c4ccccc24)[C@H]13. The van der Waals surface area contributed by atoms with Crippen molar-refractivity contribution in [3.05, 3.63) is 36.0 Å². The van der Waals surface area contributed by atoms with Crippen molar-refractivity contribution >= 4 is 10.9 Å². The molecule has 0 aliphatic heterocycles. The highest BCUT2D eigenvalue weighted by atomic mass is 16.3. The molecule has 170 valence electrons. The van der Waals surface area contributed by atoms with Crippen LogP contribution in [0.3, 0.4) is 0 Å². The summed E-state index contributed by atoms with van der Waals surface area (Å²) < 4.78 is 0. The molecule has 3 fully saturated rings. The van der Waals surface area contributed by atoms with Crippen LogP contribution in [0.1, 0.15) is 84.6 Å². The summed E-state index contributed by atoms with van der Waals surface area (Å²) in [5, 5.41) is 24.4. The van der Waals surface area contributed by atoms with Crippen molar-refractivity contribution in [1.82, 2.24) is 4.98 Å². The Labute approximate surface area is 187 Å². The summed E-state index contributed by atoms with van der Waals surface area (Å²) in [6.07, 6.45) is 8.49. The molecule has 3 saturated carbocycles. The molecular weight excluding hydrogens is 382 g/mol. The van der Waals surface area contributed by atoms with E-state index in [-0.39, 0.29) is 28.8 Å². The molecule has 3 aliphatic rings. The number of aliphatic hydroxyl groups excluding tert-OH is 1. The summed E-state index contributed by atoms with van der Waals surface area (Å²) in [5.74, 6) is 1.99. The van der Waals surface area contributed by atoms with Crippen LogP contribution in [0.5, 0.6) is 0 Å². The van der Waals surface area contributed by atoms with Crippen molar-refractivity contribution in [3.8, 4) is 0 Å². The molecular formula is C28H41NO2. The number of H-pyrrole nitrogens is 1. The van der Waals surface area contributed by atoms with Crippen LogP contribution in [-0.2, 0) is 0 Å². The second-order valence-corrected chi connectivity index (χ2v) is 12.1. The van der Waals surface area contributed by atoms with Crippen LogP contribution in [0, 0.1) is 34.5 Å². The molecule has 0 radical (unpaired) electrons. The molecule has 0 unspecified atom stereocenters. The van der Waals surface area contributed by atoms with E-state index in [0.717, 1.165) is 25.7 Å². The number of fused-ring (bicyclic) bond motifs is 1. The van der Waals surface area contributed by atoms with Gasteiger partial charge >= 0.3 is 0 Å². The highest BCUT2D eigenvalue weighted by Gasteiger charge is 2.68. The Kier molecular flexibility index (Phi) is 4.92. The average Bonchev–Trinajstić information content (AvgIpc) is 3.15. The van der Waals surface area contributed by atoms with Gasteiger partial charge in [0.15, 0.2) is 0 Å². The molecule has 2 aromatic rings. The van der Waals surface area contributed by atoms with Crippen LogP contribution in [-0.4, -0.2) is 26.9 Å². The fourth-order valence-corrected chi connectivity index (χ4v) is 8.81. The van der Waals surface area contributed by atoms with E-state index in [1.165, 1.54) is 29.3 Å². The van der Waals surface area contributed by atoms with E-state index < -0.39 is 5.60 Å². The summed E-state index contributed by atoms with van der Waals surface area (Å²) in [7, 11) is 0. The van der Waals surface area contributed by atoms with Crippen molar-refractivity contribution in [2.24, 2.45) is 34.5 Å². The average molecular weight is 424 g/mol. The summed E-state index contributed by atoms with van der Waals surface area (Å²) in [6, 6.07) is 8.60. The monoisotopic (exact) mass is 423 g/mol. The molecule has 0 saturated heterocycles. The first-order valence-electron chi connectivity index (χ1n) is 12.6. The predicted octanol–water partition coefficient (Wildman–Crippen LogP) is 6.26. The summed E-state index contributed by atoms with van der Waals surface area (Å²) >= 11 is 0. The number of hydrogen-bond acceptors (Lipinski definition) is 2. The van der Waals surface area contributed by atoms with Crippen molar-refractivity contribution in [2.75, 3.05) is 0 Å². The molecule has 8 atom stereocenters. The van der Waals surface area contributed by atoms with Crippen molar-refractivity contribution in [3.63, 3.8) is 0 Å². The predicted molar refractivity (Wildman–Crippen MR) is 127 cm³/mol. The van der Waals surface area contributed by atoms with E-state index in [2.05, 4.69) is 56.2 Å². The zero-order chi connectivity index (χ0) is 22.2. The number of para-hydroxylation sites is 1. The first-order chi connectivity index (χ1) is 14.6. The highest BCUT2D eigenvalue weighted by Crippen LogP contribution is 2.72. The smallest absolute Gasteiger partial charge is 0.0625 e. The number of aromatic amines is 1. The van der Waals surface area contributed by atoms with Crippen LogP contribution in [0.15, 0.2) is 30.5 Å². The van der Waals surface area contributed by atoms with E-state index in [0.29, 0.717) is 17.8 Å². The van der Waals surface area contributed by atoms with Gasteiger partial charge in [-0.25, -0.2) is 0 Å². The maximum atomic E-state index is 11.7. The second-order valence-electron chi connectivity index (χ2n) is 12.1. The van der Waals surface area contributed by atoms with Crippen LogP contribution >= 0.6 is 0 Å². The summed E-state index contributed by atoms with van der Waals surface area (Å²) in [6.45, 7) is 11.4. The number of nitrogens with one attached hydrogen (secondary N) is 1. The molecule has 0 bridgehead atoms. The third-order valence-electron chi connectivity index (χ3n) is 10.5. The van der Waals surface area contributed by atoms with Gasteiger partial charge in [-0.05, 0) is 99.0 Å². The largest absolute Gasteiger partial charge is 0.393 e. The molecule has 3 aliphatic carbocycles. The Morgan fingerprint density at radius 3 is 2.52 bits per heavy atom. The zero-order valence-electron chi connectivity index (χ0n) is 20.0. The van der Waals surface area contributed by atoms with E-state index in [9.17, 15) is 10.2 Å². The van der Waals surface area contributed by atoms with Gasteiger partial charge < -0.3 is 15.2 Å². The maximum absolute atomic E-state index is 11.7. The summed E-state index contributed by atoms with van der Waals surface area (Å²) in [4.78, 5) is 3.52. The Morgan fingerprint density at radius 1 is 1.03 bits per heavy atom. The summed E-state index contributed by atoms with van der Waals surface area (Å²) in [5.41, 5.74) is 1.89. The molecule has 3 nitrogen and oxygen atoms in total. The Balaban J connectivity index is 1.75. The van der Waals surface area contributed by atoms with E-state index in [1.54, 1.807) is 0 Å². The lowest BCUT2D eigenvalue weighted by Gasteiger charge is -2.70. The molecule has 1 aromatic carbocycles. The fourth-order valence-electron chi connectivity index (χ4n) is 8.81. The number of aliphatic hydroxyl groups is 2. The number of benzene rings is 1. The van der Waals surface area contributed by atoms with Gasteiger partial charge in [0.25, 0.3) is 0 Å². The molecule has 1 spiro atoms. The van der Waals surface area contributed by atoms with Crippen molar-refractivity contribution in [2.45, 2.75) is 90.8 Å². The normalized spacial score (nSPS) is 43.5. The van der Waals surface area contributed by atoms with Crippen molar-refractivity contribution < 1.29 is 10.2 Å². The van der Waals surface area contributed by atoms with E-state index >= 15 is 0 Å². The van der Waals surface area contributed by atoms with Gasteiger partial charge in [0.1, 0.15) is 0 Å². The topological polar surface area (TPSA) is 56.2 Å². The lowest BCUT2D eigenvalue weighted by molar-refractivity contribution is -0.239. The van der Waals surface area contributed by atoms with E-state index in [1.807, 2.05) is 13.8 Å². The highest BCUT2D eigenvalue weighted by molar-refractivity contribution is 5.83. The number of hydrogen-bond donors (Lipinski definition) is 3. The standard InChI is InChI=1S/C28H41NO2/c1-17-12-14-27(5)18(2)10-11-23(30)28(27)15-13-21(26(3,4)31)24(25(17)28)20-16-29-22-9-7-6-8-19(20)22/h6-9,16-18,21,23-25,29-31H,10-15H2,1-5H3/t17-,18-,21-,23-,24+,25+,27+,28+/m1/s1. The molecule has 0 amide bonds. The molecule has 5 rings (SSSR count).